The summed E-state index contributed by atoms with van der Waals surface area (Å²) in [6.07, 6.45) is 0. The van der Waals surface area contributed by atoms with E-state index >= 15 is 0 Å². The Hall–Kier alpha value is -3.15. The Labute approximate surface area is 188 Å². The van der Waals surface area contributed by atoms with Gasteiger partial charge in [0.2, 0.25) is 0 Å². The number of rotatable bonds is 3. The normalized spacial score (nSPS) is 13.1. The number of ether oxygens (including phenoxy) is 2. The maximum Gasteiger partial charge on any atom is 0.336 e. The third-order valence-corrected chi connectivity index (χ3v) is 6.18. The SMILES string of the molecule is COc1ccc(-c2cc(=O)oc3c4c(ccc23)OCN(c2cccc(Cl)c2Cl)C4)cc1. The first-order valence-electron chi connectivity index (χ1n) is 9.61. The van der Waals surface area contributed by atoms with E-state index in [2.05, 4.69) is 0 Å². The van der Waals surface area contributed by atoms with Gasteiger partial charge in [-0.05, 0) is 47.5 Å². The van der Waals surface area contributed by atoms with E-state index in [1.165, 1.54) is 6.07 Å². The molecule has 7 heteroatoms. The summed E-state index contributed by atoms with van der Waals surface area (Å²) in [6, 6.07) is 18.3. The number of halogens is 2. The van der Waals surface area contributed by atoms with Crippen molar-refractivity contribution in [1.82, 2.24) is 0 Å². The van der Waals surface area contributed by atoms with Gasteiger partial charge in [0.1, 0.15) is 17.1 Å². The maximum absolute atomic E-state index is 12.5. The van der Waals surface area contributed by atoms with Gasteiger partial charge in [0.15, 0.2) is 6.73 Å². The molecule has 0 unspecified atom stereocenters. The van der Waals surface area contributed by atoms with Crippen molar-refractivity contribution in [3.63, 3.8) is 0 Å². The fourth-order valence-corrected chi connectivity index (χ4v) is 4.25. The van der Waals surface area contributed by atoms with E-state index in [1.54, 1.807) is 13.2 Å². The van der Waals surface area contributed by atoms with E-state index in [4.69, 9.17) is 37.1 Å². The minimum Gasteiger partial charge on any atom is -0.497 e. The van der Waals surface area contributed by atoms with Crippen LogP contribution in [0.3, 0.4) is 0 Å². The van der Waals surface area contributed by atoms with E-state index in [9.17, 15) is 4.79 Å². The lowest BCUT2D eigenvalue weighted by Crippen LogP contribution is -2.32. The smallest absolute Gasteiger partial charge is 0.336 e. The van der Waals surface area contributed by atoms with Gasteiger partial charge in [-0.2, -0.15) is 0 Å². The summed E-state index contributed by atoms with van der Waals surface area (Å²) in [5.41, 5.74) is 3.29. The predicted octanol–water partition coefficient (Wildman–Crippen LogP) is 6.13. The molecule has 0 bridgehead atoms. The van der Waals surface area contributed by atoms with Gasteiger partial charge < -0.3 is 18.8 Å². The molecule has 0 amide bonds. The molecule has 1 aliphatic rings. The second kappa shape index (κ2) is 7.84. The van der Waals surface area contributed by atoms with Crippen LogP contribution in [0, 0.1) is 0 Å². The van der Waals surface area contributed by atoms with Crippen LogP contribution in [0.25, 0.3) is 22.1 Å². The zero-order valence-electron chi connectivity index (χ0n) is 16.5. The standard InChI is InChI=1S/C24H17Cl2NO4/c1-29-15-7-5-14(6-8-15)17-11-22(28)31-24-16(17)9-10-21-18(24)12-27(13-30-21)20-4-2-3-19(25)23(20)26/h2-11H,12-13H2,1H3. The van der Waals surface area contributed by atoms with Crippen LogP contribution >= 0.6 is 23.2 Å². The molecule has 0 atom stereocenters. The summed E-state index contributed by atoms with van der Waals surface area (Å²) in [6.45, 7) is 0.767. The third-order valence-electron chi connectivity index (χ3n) is 5.37. The highest BCUT2D eigenvalue weighted by atomic mass is 35.5. The lowest BCUT2D eigenvalue weighted by molar-refractivity contribution is 0.289. The van der Waals surface area contributed by atoms with Crippen LogP contribution in [0.15, 0.2) is 69.9 Å². The highest BCUT2D eigenvalue weighted by molar-refractivity contribution is 6.43. The summed E-state index contributed by atoms with van der Waals surface area (Å²) in [7, 11) is 1.62. The number of fused-ring (bicyclic) bond motifs is 3. The lowest BCUT2D eigenvalue weighted by Gasteiger charge is -2.31. The monoisotopic (exact) mass is 453 g/mol. The highest BCUT2D eigenvalue weighted by Crippen LogP contribution is 2.40. The molecule has 0 N–H and O–H groups in total. The van der Waals surface area contributed by atoms with E-state index in [0.717, 1.165) is 33.5 Å². The Morgan fingerprint density at radius 1 is 1.03 bits per heavy atom. The molecule has 156 valence electrons. The van der Waals surface area contributed by atoms with Crippen molar-refractivity contribution < 1.29 is 13.9 Å². The van der Waals surface area contributed by atoms with Crippen LogP contribution in [0.5, 0.6) is 11.5 Å². The Morgan fingerprint density at radius 2 is 1.84 bits per heavy atom. The molecule has 0 aliphatic carbocycles. The van der Waals surface area contributed by atoms with Gasteiger partial charge in [0.25, 0.3) is 0 Å². The van der Waals surface area contributed by atoms with E-state index in [0.29, 0.717) is 34.7 Å². The van der Waals surface area contributed by atoms with Gasteiger partial charge in [0.05, 0.1) is 35.0 Å². The van der Waals surface area contributed by atoms with Crippen LogP contribution in [0.1, 0.15) is 5.56 Å². The number of hydrogen-bond donors (Lipinski definition) is 0. The molecule has 0 saturated carbocycles. The highest BCUT2D eigenvalue weighted by Gasteiger charge is 2.24. The summed E-state index contributed by atoms with van der Waals surface area (Å²) in [5.74, 6) is 1.42. The number of anilines is 1. The fraction of sp³-hybridized carbons (Fsp3) is 0.125. The van der Waals surface area contributed by atoms with Crippen molar-refractivity contribution in [3.05, 3.63) is 86.7 Å². The Morgan fingerprint density at radius 3 is 2.61 bits per heavy atom. The van der Waals surface area contributed by atoms with Gasteiger partial charge in [-0.1, -0.05) is 41.4 Å². The average molecular weight is 454 g/mol. The van der Waals surface area contributed by atoms with E-state index in [1.807, 2.05) is 53.4 Å². The second-order valence-corrected chi connectivity index (χ2v) is 7.96. The first kappa shape index (κ1) is 19.8. The molecule has 2 heterocycles. The molecule has 0 saturated heterocycles. The molecule has 0 fully saturated rings. The Bertz CT molecular complexity index is 1350. The van der Waals surface area contributed by atoms with Gasteiger partial charge in [-0.25, -0.2) is 4.79 Å². The average Bonchev–Trinajstić information content (AvgIpc) is 2.80. The van der Waals surface area contributed by atoms with Crippen LogP contribution < -0.4 is 20.0 Å². The van der Waals surface area contributed by atoms with Crippen molar-refractivity contribution in [3.8, 4) is 22.6 Å². The maximum atomic E-state index is 12.5. The molecule has 1 aromatic heterocycles. The van der Waals surface area contributed by atoms with Crippen molar-refractivity contribution in [2.45, 2.75) is 6.54 Å². The van der Waals surface area contributed by atoms with Crippen LogP contribution in [-0.4, -0.2) is 13.8 Å². The van der Waals surface area contributed by atoms with E-state index < -0.39 is 5.63 Å². The number of benzene rings is 3. The summed E-state index contributed by atoms with van der Waals surface area (Å²) in [5, 5.41) is 1.75. The molecule has 0 spiro atoms. The first-order valence-corrected chi connectivity index (χ1v) is 10.4. The van der Waals surface area contributed by atoms with Crippen LogP contribution in [-0.2, 0) is 6.54 Å². The van der Waals surface area contributed by atoms with Gasteiger partial charge >= 0.3 is 5.63 Å². The number of hydrogen-bond acceptors (Lipinski definition) is 5. The molecule has 0 radical (unpaired) electrons. The van der Waals surface area contributed by atoms with Gasteiger partial charge in [-0.15, -0.1) is 0 Å². The fourth-order valence-electron chi connectivity index (χ4n) is 3.83. The predicted molar refractivity (Wildman–Crippen MR) is 123 cm³/mol. The topological polar surface area (TPSA) is 51.9 Å². The summed E-state index contributed by atoms with van der Waals surface area (Å²) < 4.78 is 16.9. The van der Waals surface area contributed by atoms with Crippen molar-refractivity contribution >= 4 is 39.9 Å². The minimum absolute atomic E-state index is 0.307. The van der Waals surface area contributed by atoms with Crippen molar-refractivity contribution in [2.24, 2.45) is 0 Å². The van der Waals surface area contributed by atoms with Crippen LogP contribution in [0.2, 0.25) is 10.0 Å². The van der Waals surface area contributed by atoms with Gasteiger partial charge in [0, 0.05) is 11.5 Å². The number of methoxy groups -OCH3 is 1. The van der Waals surface area contributed by atoms with E-state index in [-0.39, 0.29) is 0 Å². The summed E-state index contributed by atoms with van der Waals surface area (Å²) in [4.78, 5) is 14.4. The molecule has 3 aromatic carbocycles. The molecule has 5 nitrogen and oxygen atoms in total. The zero-order chi connectivity index (χ0) is 21.5. The minimum atomic E-state index is -0.426. The summed E-state index contributed by atoms with van der Waals surface area (Å²) >= 11 is 12.6. The Kier molecular flexibility index (Phi) is 5.00. The van der Waals surface area contributed by atoms with Gasteiger partial charge in [-0.3, -0.25) is 0 Å². The molecular formula is C24H17Cl2NO4. The molecular weight excluding hydrogens is 437 g/mol. The lowest BCUT2D eigenvalue weighted by atomic mass is 9.99. The van der Waals surface area contributed by atoms with Crippen molar-refractivity contribution in [2.75, 3.05) is 18.7 Å². The molecule has 31 heavy (non-hydrogen) atoms. The molecule has 4 aromatic rings. The number of nitrogens with zero attached hydrogens (tertiary/aromatic N) is 1. The van der Waals surface area contributed by atoms with Crippen molar-refractivity contribution in [1.29, 1.82) is 0 Å². The van der Waals surface area contributed by atoms with Crippen LogP contribution in [0.4, 0.5) is 5.69 Å². The first-order chi connectivity index (χ1) is 15.0. The quantitative estimate of drug-likeness (QED) is 0.349. The Balaban J connectivity index is 1.64. The molecule has 5 rings (SSSR count). The largest absolute Gasteiger partial charge is 0.497 e. The second-order valence-electron chi connectivity index (χ2n) is 7.17. The third kappa shape index (κ3) is 3.50. The molecule has 1 aliphatic heterocycles. The zero-order valence-corrected chi connectivity index (χ0v) is 18.0.